The molecule has 43 heavy (non-hydrogen) atoms. The molecule has 9 fully saturated rings. The smallest absolute Gasteiger partial charge is 0.399 e. The van der Waals surface area contributed by atoms with Crippen molar-refractivity contribution in [3.8, 4) is 11.1 Å². The van der Waals surface area contributed by atoms with Crippen molar-refractivity contribution in [3.05, 3.63) is 52.6 Å². The third kappa shape index (κ3) is 3.51. The van der Waals surface area contributed by atoms with Crippen molar-refractivity contribution < 1.29 is 9.31 Å². The summed E-state index contributed by atoms with van der Waals surface area (Å²) < 4.78 is 13.7. The minimum Gasteiger partial charge on any atom is -0.399 e. The summed E-state index contributed by atoms with van der Waals surface area (Å²) in [6.45, 7) is 13.9. The van der Waals surface area contributed by atoms with Gasteiger partial charge in [0.2, 0.25) is 0 Å². The highest BCUT2D eigenvalue weighted by atomic mass is 16.7. The van der Waals surface area contributed by atoms with Crippen molar-refractivity contribution in [1.82, 2.24) is 0 Å². The summed E-state index contributed by atoms with van der Waals surface area (Å²) in [6, 6.07) is 13.0. The summed E-state index contributed by atoms with van der Waals surface area (Å²) in [5, 5.41) is 0. The largest absolute Gasteiger partial charge is 0.495 e. The van der Waals surface area contributed by atoms with Gasteiger partial charge in [0.05, 0.1) is 11.2 Å². The van der Waals surface area contributed by atoms with Crippen molar-refractivity contribution >= 4 is 12.6 Å². The van der Waals surface area contributed by atoms with Gasteiger partial charge in [-0.25, -0.2) is 0 Å². The summed E-state index contributed by atoms with van der Waals surface area (Å²) in [5.74, 6) is 9.13. The molecule has 9 aliphatic carbocycles. The molecule has 2 aromatic rings. The van der Waals surface area contributed by atoms with Gasteiger partial charge in [-0.15, -0.1) is 0 Å². The zero-order chi connectivity index (χ0) is 29.2. The first-order chi connectivity index (χ1) is 20.5. The Kier molecular flexibility index (Phi) is 5.21. The lowest BCUT2D eigenvalue weighted by Crippen LogP contribution is -2.44. The second-order valence-electron chi connectivity index (χ2n) is 18.5. The van der Waals surface area contributed by atoms with Crippen LogP contribution in [-0.4, -0.2) is 18.3 Å². The van der Waals surface area contributed by atoms with Crippen LogP contribution in [0.5, 0.6) is 0 Å². The maximum Gasteiger partial charge on any atom is 0.495 e. The third-order valence-electron chi connectivity index (χ3n) is 15.4. The Balaban J connectivity index is 1.12. The number of hydrogen-bond acceptors (Lipinski definition) is 2. The minimum atomic E-state index is -0.342. The van der Waals surface area contributed by atoms with E-state index in [1.807, 2.05) is 0 Å². The molecule has 2 nitrogen and oxygen atoms in total. The molecule has 8 saturated carbocycles. The Morgan fingerprint density at radius 2 is 1.16 bits per heavy atom. The molecule has 1 aliphatic heterocycles. The number of benzene rings is 2. The van der Waals surface area contributed by atoms with Crippen LogP contribution in [0, 0.1) is 47.3 Å². The molecule has 1 saturated heterocycles. The molecule has 0 N–H and O–H groups in total. The summed E-state index contributed by atoms with van der Waals surface area (Å²) >= 11 is 0. The molecule has 8 bridgehead atoms. The van der Waals surface area contributed by atoms with Crippen LogP contribution in [0.4, 0.5) is 0 Å². The molecule has 0 amide bonds. The van der Waals surface area contributed by atoms with Crippen molar-refractivity contribution in [2.75, 3.05) is 0 Å². The monoisotopic (exact) mass is 574 g/mol. The van der Waals surface area contributed by atoms with E-state index in [2.05, 4.69) is 71.9 Å². The van der Waals surface area contributed by atoms with Gasteiger partial charge in [-0.1, -0.05) is 44.2 Å². The molecule has 10 aliphatic rings. The first-order valence-corrected chi connectivity index (χ1v) is 18.2. The van der Waals surface area contributed by atoms with Gasteiger partial charge in [0.15, 0.2) is 0 Å². The number of fused-ring (bicyclic) bond motifs is 3. The average molecular weight is 575 g/mol. The molecular formula is C40H51BO2. The molecule has 0 radical (unpaired) electrons. The van der Waals surface area contributed by atoms with Crippen LogP contribution < -0.4 is 5.46 Å². The van der Waals surface area contributed by atoms with Gasteiger partial charge in [-0.05, 0) is 184 Å². The molecule has 2 aromatic carbocycles. The van der Waals surface area contributed by atoms with Crippen molar-refractivity contribution in [3.63, 3.8) is 0 Å². The Morgan fingerprint density at radius 1 is 0.581 bits per heavy atom. The number of hydrogen-bond donors (Lipinski definition) is 0. The van der Waals surface area contributed by atoms with E-state index in [9.17, 15) is 0 Å². The van der Waals surface area contributed by atoms with Gasteiger partial charge in [0.25, 0.3) is 0 Å². The molecule has 4 unspecified atom stereocenters. The van der Waals surface area contributed by atoms with Gasteiger partial charge >= 0.3 is 7.12 Å². The summed E-state index contributed by atoms with van der Waals surface area (Å²) in [7, 11) is -0.321. The maximum absolute atomic E-state index is 6.87. The second-order valence-corrected chi connectivity index (χ2v) is 18.5. The van der Waals surface area contributed by atoms with Crippen molar-refractivity contribution in [2.24, 2.45) is 47.3 Å². The lowest BCUT2D eigenvalue weighted by Gasteiger charge is -2.54. The van der Waals surface area contributed by atoms with Gasteiger partial charge in [0, 0.05) is 5.41 Å². The van der Waals surface area contributed by atoms with E-state index in [1.54, 1.807) is 16.7 Å². The standard InChI is InChI=1S/C40H51BO2/c1-38(2)32-18-24(36-28-15-23-10-25(17-28)31(36)16-23)7-8-30(32)37-33(38)19-29(20-34(37)41-42-39(3,4)40(5,6)43-41)35-26-11-21-9-22(13-26)14-27(35)12-21/h7-8,18-23,25-28,31,35-36H,9-17H2,1-6H3/t21?,22?,23-,25?,26?,27?,28?,31?,35?,36?/m1/s1. The molecule has 1 heterocycles. The fourth-order valence-electron chi connectivity index (χ4n) is 13.2. The highest BCUT2D eigenvalue weighted by Gasteiger charge is 2.56. The van der Waals surface area contributed by atoms with Crippen LogP contribution >= 0.6 is 0 Å². The second kappa shape index (κ2) is 8.41. The Labute approximate surface area is 260 Å². The first kappa shape index (κ1) is 26.6. The fourth-order valence-corrected chi connectivity index (χ4v) is 13.2. The van der Waals surface area contributed by atoms with Crippen LogP contribution in [0.3, 0.4) is 0 Å². The topological polar surface area (TPSA) is 18.5 Å². The zero-order valence-corrected chi connectivity index (χ0v) is 27.4. The molecule has 3 heteroatoms. The quantitative estimate of drug-likeness (QED) is 0.341. The Morgan fingerprint density at radius 3 is 1.81 bits per heavy atom. The van der Waals surface area contributed by atoms with E-state index in [4.69, 9.17) is 9.31 Å². The fraction of sp³-hybridized carbons (Fsp3) is 0.700. The SMILES string of the molecule is CC1(C)c2cc(C3C4CC5C[C@H](C4)CC53)ccc2-c2c(B3OC(C)(C)C(C)(C)O3)cc(C3C4CC5CC(C4)CC3C5)cc21. The molecule has 5 atom stereocenters. The van der Waals surface area contributed by atoms with E-state index in [0.717, 1.165) is 53.3 Å². The zero-order valence-electron chi connectivity index (χ0n) is 27.4. The van der Waals surface area contributed by atoms with Crippen LogP contribution in [0.1, 0.15) is 133 Å². The minimum absolute atomic E-state index is 0.0170. The van der Waals surface area contributed by atoms with E-state index in [-0.39, 0.29) is 23.7 Å². The highest BCUT2D eigenvalue weighted by Crippen LogP contribution is 2.65. The summed E-state index contributed by atoms with van der Waals surface area (Å²) in [4.78, 5) is 0. The van der Waals surface area contributed by atoms with Crippen LogP contribution in [0.2, 0.25) is 0 Å². The van der Waals surface area contributed by atoms with E-state index >= 15 is 0 Å². The molecular weight excluding hydrogens is 523 g/mol. The van der Waals surface area contributed by atoms with Crippen molar-refractivity contribution in [1.29, 1.82) is 0 Å². The summed E-state index contributed by atoms with van der Waals surface area (Å²) in [6.07, 6.45) is 13.3. The normalized spacial score (nSPS) is 43.1. The summed E-state index contributed by atoms with van der Waals surface area (Å²) in [5.41, 5.74) is 9.80. The van der Waals surface area contributed by atoms with E-state index in [0.29, 0.717) is 5.92 Å². The predicted molar refractivity (Wildman–Crippen MR) is 175 cm³/mol. The Hall–Kier alpha value is -1.58. The van der Waals surface area contributed by atoms with Crippen LogP contribution in [0.25, 0.3) is 11.1 Å². The van der Waals surface area contributed by atoms with Gasteiger partial charge in [0.1, 0.15) is 0 Å². The lowest BCUT2D eigenvalue weighted by atomic mass is 9.50. The average Bonchev–Trinajstić information content (AvgIpc) is 3.53. The maximum atomic E-state index is 6.87. The highest BCUT2D eigenvalue weighted by molar-refractivity contribution is 6.64. The third-order valence-corrected chi connectivity index (χ3v) is 15.4. The van der Waals surface area contributed by atoms with Crippen LogP contribution in [0.15, 0.2) is 30.3 Å². The van der Waals surface area contributed by atoms with Crippen molar-refractivity contribution in [2.45, 2.75) is 128 Å². The molecule has 0 aromatic heterocycles. The van der Waals surface area contributed by atoms with E-state index in [1.165, 1.54) is 79.9 Å². The molecule has 12 rings (SSSR count). The Bertz CT molecular complexity index is 1490. The predicted octanol–water partition coefficient (Wildman–Crippen LogP) is 8.98. The van der Waals surface area contributed by atoms with Gasteiger partial charge in [-0.2, -0.15) is 0 Å². The van der Waals surface area contributed by atoms with E-state index < -0.39 is 0 Å². The first-order valence-electron chi connectivity index (χ1n) is 18.2. The molecule has 226 valence electrons. The molecule has 0 spiro atoms. The van der Waals surface area contributed by atoms with Gasteiger partial charge in [-0.3, -0.25) is 0 Å². The lowest BCUT2D eigenvalue weighted by molar-refractivity contribution is -0.00279. The number of rotatable bonds is 3. The van der Waals surface area contributed by atoms with Crippen LogP contribution in [-0.2, 0) is 14.7 Å². The van der Waals surface area contributed by atoms with Gasteiger partial charge < -0.3 is 9.31 Å².